The molecule has 0 bridgehead atoms. The van der Waals surface area contributed by atoms with Crippen molar-refractivity contribution < 1.29 is 23.5 Å². The summed E-state index contributed by atoms with van der Waals surface area (Å²) in [6, 6.07) is 3.19. The number of urea groups is 1. The molecule has 0 unspecified atom stereocenters. The van der Waals surface area contributed by atoms with Crippen LogP contribution in [0.25, 0.3) is 10.8 Å². The minimum atomic E-state index is -0.889. The predicted molar refractivity (Wildman–Crippen MR) is 114 cm³/mol. The fourth-order valence-electron chi connectivity index (χ4n) is 4.02. The topological polar surface area (TPSA) is 130 Å². The highest BCUT2D eigenvalue weighted by atomic mass is 32.1. The lowest BCUT2D eigenvalue weighted by Gasteiger charge is -2.30. The fourth-order valence-corrected chi connectivity index (χ4v) is 4.67. The van der Waals surface area contributed by atoms with Gasteiger partial charge in [-0.05, 0) is 24.3 Å². The lowest BCUT2D eigenvalue weighted by atomic mass is 9.82. The van der Waals surface area contributed by atoms with Crippen LogP contribution in [0.1, 0.15) is 38.0 Å². The maximum absolute atomic E-state index is 12.9. The standard InChI is InChI=1S/C20H26N6O5S/c1-30-10-9-25(13-16-22-23-17(31-16)14-6-5-11-32-14)12-15(27)24-26-18(28)20(21-19(26)29)7-3-2-4-8-20/h5-6,11H,2-4,7-10,12-13H2,1H3,(H,21,29)(H,24,27). The van der Waals surface area contributed by atoms with E-state index in [-0.39, 0.29) is 13.1 Å². The van der Waals surface area contributed by atoms with Gasteiger partial charge in [0, 0.05) is 13.7 Å². The Morgan fingerprint density at radius 1 is 1.34 bits per heavy atom. The van der Waals surface area contributed by atoms with Gasteiger partial charge in [0.15, 0.2) is 0 Å². The molecule has 11 nitrogen and oxygen atoms in total. The van der Waals surface area contributed by atoms with Gasteiger partial charge in [0.25, 0.3) is 17.7 Å². The number of hydrogen-bond donors (Lipinski definition) is 2. The number of ether oxygens (including phenoxy) is 1. The summed E-state index contributed by atoms with van der Waals surface area (Å²) in [7, 11) is 1.57. The van der Waals surface area contributed by atoms with Gasteiger partial charge >= 0.3 is 6.03 Å². The number of methoxy groups -OCH3 is 1. The Labute approximate surface area is 189 Å². The summed E-state index contributed by atoms with van der Waals surface area (Å²) in [5, 5.41) is 13.6. The van der Waals surface area contributed by atoms with Crippen LogP contribution in [0.2, 0.25) is 0 Å². The fraction of sp³-hybridized carbons (Fsp3) is 0.550. The Morgan fingerprint density at radius 2 is 2.16 bits per heavy atom. The third-order valence-corrected chi connectivity index (χ3v) is 6.50. The molecule has 3 heterocycles. The molecule has 0 aromatic carbocycles. The molecule has 172 valence electrons. The van der Waals surface area contributed by atoms with E-state index >= 15 is 0 Å². The quantitative estimate of drug-likeness (QED) is 0.537. The zero-order chi connectivity index (χ0) is 22.6. The van der Waals surface area contributed by atoms with E-state index in [0.29, 0.717) is 37.8 Å². The number of carbonyl (C=O) groups excluding carboxylic acids is 3. The normalized spacial score (nSPS) is 17.9. The molecule has 1 saturated carbocycles. The molecular weight excluding hydrogens is 436 g/mol. The van der Waals surface area contributed by atoms with Crippen molar-refractivity contribution in [1.29, 1.82) is 0 Å². The largest absolute Gasteiger partial charge is 0.419 e. The maximum atomic E-state index is 12.9. The lowest BCUT2D eigenvalue weighted by Crippen LogP contribution is -2.52. The molecule has 2 fully saturated rings. The zero-order valence-corrected chi connectivity index (χ0v) is 18.7. The van der Waals surface area contributed by atoms with Crippen LogP contribution >= 0.6 is 11.3 Å². The number of aromatic nitrogens is 2. The SMILES string of the molecule is COCCN(CC(=O)NN1C(=O)NC2(CCCCC2)C1=O)Cc1nnc(-c2cccs2)o1. The Hall–Kier alpha value is -2.83. The number of hydrazine groups is 1. The lowest BCUT2D eigenvalue weighted by molar-refractivity contribution is -0.140. The number of carbonyl (C=O) groups is 3. The number of hydrogen-bond acceptors (Lipinski definition) is 9. The molecular formula is C20H26N6O5S. The predicted octanol–water partition coefficient (Wildman–Crippen LogP) is 1.53. The number of amides is 4. The van der Waals surface area contributed by atoms with E-state index in [1.54, 1.807) is 12.0 Å². The number of thiophene rings is 1. The van der Waals surface area contributed by atoms with Crippen LogP contribution in [0.4, 0.5) is 4.79 Å². The Balaban J connectivity index is 1.37. The van der Waals surface area contributed by atoms with Gasteiger partial charge in [-0.1, -0.05) is 25.3 Å². The summed E-state index contributed by atoms with van der Waals surface area (Å²) in [5.74, 6) is -0.108. The van der Waals surface area contributed by atoms with Gasteiger partial charge in [0.05, 0.1) is 24.6 Å². The van der Waals surface area contributed by atoms with E-state index in [1.165, 1.54) is 11.3 Å². The van der Waals surface area contributed by atoms with Crippen molar-refractivity contribution in [1.82, 2.24) is 30.8 Å². The van der Waals surface area contributed by atoms with E-state index in [9.17, 15) is 14.4 Å². The summed E-state index contributed by atoms with van der Waals surface area (Å²) in [6.45, 7) is 0.944. The second-order valence-electron chi connectivity index (χ2n) is 7.93. The smallest absolute Gasteiger partial charge is 0.344 e. The van der Waals surface area contributed by atoms with Gasteiger partial charge in [-0.2, -0.15) is 5.01 Å². The van der Waals surface area contributed by atoms with Crippen LogP contribution in [-0.4, -0.2) is 70.3 Å². The molecule has 2 aromatic heterocycles. The van der Waals surface area contributed by atoms with E-state index in [2.05, 4.69) is 20.9 Å². The van der Waals surface area contributed by atoms with E-state index in [0.717, 1.165) is 29.1 Å². The number of rotatable bonds is 9. The summed E-state index contributed by atoms with van der Waals surface area (Å²) >= 11 is 1.49. The minimum Gasteiger partial charge on any atom is -0.419 e. The molecule has 1 saturated heterocycles. The average molecular weight is 463 g/mol. The first kappa shape index (κ1) is 22.4. The highest BCUT2D eigenvalue weighted by Gasteiger charge is 2.52. The van der Waals surface area contributed by atoms with Gasteiger partial charge in [-0.15, -0.1) is 21.5 Å². The van der Waals surface area contributed by atoms with Crippen molar-refractivity contribution in [3.63, 3.8) is 0 Å². The highest BCUT2D eigenvalue weighted by molar-refractivity contribution is 7.13. The summed E-state index contributed by atoms with van der Waals surface area (Å²) in [6.07, 6.45) is 3.96. The number of nitrogens with zero attached hydrogens (tertiary/aromatic N) is 4. The first-order chi connectivity index (χ1) is 15.5. The van der Waals surface area contributed by atoms with Crippen molar-refractivity contribution in [2.45, 2.75) is 44.2 Å². The molecule has 0 atom stereocenters. The molecule has 12 heteroatoms. The molecule has 1 spiro atoms. The first-order valence-corrected chi connectivity index (χ1v) is 11.4. The average Bonchev–Trinajstić information content (AvgIpc) is 3.51. The third kappa shape index (κ3) is 4.81. The Bertz CT molecular complexity index is 956. The molecule has 4 rings (SSSR count). The van der Waals surface area contributed by atoms with Crippen LogP contribution < -0.4 is 10.7 Å². The molecule has 2 aromatic rings. The van der Waals surface area contributed by atoms with Gasteiger partial charge in [0.1, 0.15) is 5.54 Å². The zero-order valence-electron chi connectivity index (χ0n) is 17.8. The monoisotopic (exact) mass is 462 g/mol. The summed E-state index contributed by atoms with van der Waals surface area (Å²) in [5.41, 5.74) is 1.57. The van der Waals surface area contributed by atoms with Gasteiger partial charge in [0.2, 0.25) is 5.89 Å². The summed E-state index contributed by atoms with van der Waals surface area (Å²) in [4.78, 5) is 40.5. The molecule has 0 radical (unpaired) electrons. The van der Waals surface area contributed by atoms with Crippen molar-refractivity contribution in [2.24, 2.45) is 0 Å². The van der Waals surface area contributed by atoms with Gasteiger partial charge in [-0.3, -0.25) is 19.9 Å². The molecule has 1 aliphatic heterocycles. The molecule has 2 aliphatic rings. The Morgan fingerprint density at radius 3 is 2.88 bits per heavy atom. The second-order valence-corrected chi connectivity index (χ2v) is 8.88. The van der Waals surface area contributed by atoms with Crippen LogP contribution in [0.3, 0.4) is 0 Å². The van der Waals surface area contributed by atoms with E-state index < -0.39 is 23.4 Å². The summed E-state index contributed by atoms with van der Waals surface area (Å²) < 4.78 is 10.8. The van der Waals surface area contributed by atoms with Gasteiger partial charge < -0.3 is 14.5 Å². The molecule has 4 amide bonds. The van der Waals surface area contributed by atoms with Gasteiger partial charge in [-0.25, -0.2) is 4.79 Å². The van der Waals surface area contributed by atoms with Crippen LogP contribution in [0.5, 0.6) is 0 Å². The number of imide groups is 1. The molecule has 32 heavy (non-hydrogen) atoms. The van der Waals surface area contributed by atoms with E-state index in [1.807, 2.05) is 17.5 Å². The van der Waals surface area contributed by atoms with Crippen molar-refractivity contribution >= 4 is 29.2 Å². The second kappa shape index (κ2) is 9.76. The van der Waals surface area contributed by atoms with E-state index in [4.69, 9.17) is 9.15 Å². The van der Waals surface area contributed by atoms with Crippen LogP contribution in [-0.2, 0) is 20.9 Å². The minimum absolute atomic E-state index is 0.0792. The molecule has 2 N–H and O–H groups in total. The molecule has 1 aliphatic carbocycles. The number of nitrogens with one attached hydrogen (secondary N) is 2. The maximum Gasteiger partial charge on any atom is 0.344 e. The van der Waals surface area contributed by atoms with Crippen LogP contribution in [0.15, 0.2) is 21.9 Å². The Kier molecular flexibility index (Phi) is 6.82. The first-order valence-electron chi connectivity index (χ1n) is 10.5. The van der Waals surface area contributed by atoms with Crippen LogP contribution in [0, 0.1) is 0 Å². The van der Waals surface area contributed by atoms with Crippen molar-refractivity contribution in [2.75, 3.05) is 26.8 Å². The third-order valence-electron chi connectivity index (χ3n) is 5.64. The highest BCUT2D eigenvalue weighted by Crippen LogP contribution is 2.33. The van der Waals surface area contributed by atoms with Crippen molar-refractivity contribution in [3.05, 3.63) is 23.4 Å². The van der Waals surface area contributed by atoms with Crippen molar-refractivity contribution in [3.8, 4) is 10.8 Å².